The first-order chi connectivity index (χ1) is 20.0. The van der Waals surface area contributed by atoms with Gasteiger partial charge in [-0.3, -0.25) is 10.1 Å². The first kappa shape index (κ1) is 24.1. The Labute approximate surface area is 231 Å². The van der Waals surface area contributed by atoms with Crippen LogP contribution < -0.4 is 10.2 Å². The van der Waals surface area contributed by atoms with Crippen molar-refractivity contribution in [1.29, 1.82) is 0 Å². The van der Waals surface area contributed by atoms with Crippen molar-refractivity contribution in [2.45, 2.75) is 24.7 Å². The SMILES string of the molecule is FC(F)(F)c1cc(-c2ccnc3c(-c4cccc5[nH]ncc45)c(-c4ccncc4)nn23)ccc1N1CC2CC1CN2. The Morgan fingerprint density at radius 3 is 2.61 bits per heavy atom. The van der Waals surface area contributed by atoms with Crippen LogP contribution in [0.25, 0.3) is 50.2 Å². The van der Waals surface area contributed by atoms with Gasteiger partial charge in [-0.15, -0.1) is 0 Å². The van der Waals surface area contributed by atoms with E-state index in [1.54, 1.807) is 47.5 Å². The molecule has 6 aromatic rings. The highest BCUT2D eigenvalue weighted by atomic mass is 19.4. The molecule has 2 atom stereocenters. The lowest BCUT2D eigenvalue weighted by atomic mass is 9.99. The van der Waals surface area contributed by atoms with Gasteiger partial charge in [0.2, 0.25) is 0 Å². The summed E-state index contributed by atoms with van der Waals surface area (Å²) < 4.78 is 45.1. The van der Waals surface area contributed by atoms with Gasteiger partial charge in [0, 0.05) is 66.0 Å². The number of nitrogens with zero attached hydrogens (tertiary/aromatic N) is 6. The van der Waals surface area contributed by atoms with Gasteiger partial charge in [0.15, 0.2) is 5.65 Å². The minimum absolute atomic E-state index is 0.0711. The average Bonchev–Trinajstić information content (AvgIpc) is 3.80. The van der Waals surface area contributed by atoms with Crippen LogP contribution in [-0.4, -0.2) is 55.0 Å². The van der Waals surface area contributed by atoms with Crippen molar-refractivity contribution in [3.8, 4) is 33.6 Å². The van der Waals surface area contributed by atoms with Gasteiger partial charge in [-0.1, -0.05) is 18.2 Å². The molecule has 8 nitrogen and oxygen atoms in total. The first-order valence-corrected chi connectivity index (χ1v) is 13.4. The average molecular weight is 553 g/mol. The maximum atomic E-state index is 14.5. The molecule has 0 radical (unpaired) electrons. The largest absolute Gasteiger partial charge is 0.418 e. The van der Waals surface area contributed by atoms with Gasteiger partial charge in [-0.05, 0) is 48.4 Å². The summed E-state index contributed by atoms with van der Waals surface area (Å²) in [6.07, 6.45) is 3.09. The highest BCUT2D eigenvalue weighted by Crippen LogP contribution is 2.43. The second kappa shape index (κ2) is 8.87. The molecule has 2 aliphatic heterocycles. The summed E-state index contributed by atoms with van der Waals surface area (Å²) >= 11 is 0. The minimum Gasteiger partial charge on any atom is -0.365 e. The Morgan fingerprint density at radius 1 is 0.951 bits per heavy atom. The Morgan fingerprint density at radius 2 is 1.83 bits per heavy atom. The lowest BCUT2D eigenvalue weighted by Gasteiger charge is -2.32. The molecule has 2 aliphatic rings. The van der Waals surface area contributed by atoms with Crippen LogP contribution in [0.3, 0.4) is 0 Å². The van der Waals surface area contributed by atoms with Crippen LogP contribution in [0.15, 0.2) is 79.4 Å². The molecule has 2 saturated heterocycles. The first-order valence-electron chi connectivity index (χ1n) is 13.4. The molecule has 2 bridgehead atoms. The highest BCUT2D eigenvalue weighted by molar-refractivity contribution is 6.02. The van der Waals surface area contributed by atoms with Crippen LogP contribution in [0.2, 0.25) is 0 Å². The van der Waals surface area contributed by atoms with E-state index in [0.717, 1.165) is 34.0 Å². The number of H-pyrrole nitrogens is 1. The summed E-state index contributed by atoms with van der Waals surface area (Å²) in [5.41, 5.74) is 4.99. The van der Waals surface area contributed by atoms with Gasteiger partial charge >= 0.3 is 6.18 Å². The number of anilines is 1. The number of hydrogen-bond acceptors (Lipinski definition) is 6. The van der Waals surface area contributed by atoms with E-state index in [4.69, 9.17) is 5.10 Å². The van der Waals surface area contributed by atoms with Crippen molar-refractivity contribution in [3.63, 3.8) is 0 Å². The van der Waals surface area contributed by atoms with Gasteiger partial charge in [0.05, 0.1) is 28.5 Å². The zero-order valence-electron chi connectivity index (χ0n) is 21.6. The molecular weight excluding hydrogens is 529 g/mol. The maximum absolute atomic E-state index is 14.5. The molecule has 4 aromatic heterocycles. The van der Waals surface area contributed by atoms with Crippen LogP contribution >= 0.6 is 0 Å². The molecule has 0 spiro atoms. The van der Waals surface area contributed by atoms with E-state index in [9.17, 15) is 13.2 Å². The number of alkyl halides is 3. The third-order valence-electron chi connectivity index (χ3n) is 8.19. The number of piperazine rings is 1. The molecule has 2 unspecified atom stereocenters. The van der Waals surface area contributed by atoms with Crippen LogP contribution in [0.5, 0.6) is 0 Å². The van der Waals surface area contributed by atoms with Crippen molar-refractivity contribution in [3.05, 3.63) is 84.9 Å². The fraction of sp³-hybridized carbons (Fsp3) is 0.200. The molecular formula is C30H23F3N8. The summed E-state index contributed by atoms with van der Waals surface area (Å²) in [6, 6.07) is 16.2. The van der Waals surface area contributed by atoms with Gasteiger partial charge in [0.1, 0.15) is 5.69 Å². The number of fused-ring (bicyclic) bond motifs is 4. The summed E-state index contributed by atoms with van der Waals surface area (Å²) in [6.45, 7) is 1.27. The van der Waals surface area contributed by atoms with Crippen LogP contribution in [-0.2, 0) is 6.18 Å². The normalized spacial score (nSPS) is 18.7. The number of hydrogen-bond donors (Lipinski definition) is 2. The van der Waals surface area contributed by atoms with E-state index in [2.05, 4.69) is 25.5 Å². The number of aromatic nitrogens is 6. The second-order valence-electron chi connectivity index (χ2n) is 10.5. The van der Waals surface area contributed by atoms with Crippen molar-refractivity contribution >= 4 is 22.2 Å². The molecule has 11 heteroatoms. The molecule has 0 amide bonds. The van der Waals surface area contributed by atoms with Crippen molar-refractivity contribution in [2.24, 2.45) is 0 Å². The summed E-state index contributed by atoms with van der Waals surface area (Å²) in [5, 5.41) is 16.4. The third kappa shape index (κ3) is 3.80. The predicted octanol–water partition coefficient (Wildman–Crippen LogP) is 5.57. The van der Waals surface area contributed by atoms with Crippen molar-refractivity contribution < 1.29 is 13.2 Å². The lowest BCUT2D eigenvalue weighted by molar-refractivity contribution is -0.137. The van der Waals surface area contributed by atoms with E-state index in [-0.39, 0.29) is 17.8 Å². The Balaban J connectivity index is 1.35. The molecule has 2 fully saturated rings. The van der Waals surface area contributed by atoms with Gasteiger partial charge in [0.25, 0.3) is 0 Å². The number of aromatic amines is 1. The van der Waals surface area contributed by atoms with E-state index in [1.165, 1.54) is 6.07 Å². The summed E-state index contributed by atoms with van der Waals surface area (Å²) in [5.74, 6) is 0. The van der Waals surface area contributed by atoms with E-state index in [1.807, 2.05) is 35.2 Å². The number of benzene rings is 2. The Kier molecular flexibility index (Phi) is 5.20. The third-order valence-corrected chi connectivity index (χ3v) is 8.19. The van der Waals surface area contributed by atoms with Gasteiger partial charge in [-0.2, -0.15) is 23.4 Å². The maximum Gasteiger partial charge on any atom is 0.418 e. The summed E-state index contributed by atoms with van der Waals surface area (Å²) in [4.78, 5) is 10.7. The molecule has 2 aromatic carbocycles. The van der Waals surface area contributed by atoms with Gasteiger partial charge < -0.3 is 10.2 Å². The molecule has 204 valence electrons. The summed E-state index contributed by atoms with van der Waals surface area (Å²) in [7, 11) is 0. The minimum atomic E-state index is -4.51. The Bertz CT molecular complexity index is 1930. The smallest absolute Gasteiger partial charge is 0.365 e. The molecule has 6 heterocycles. The monoisotopic (exact) mass is 552 g/mol. The molecule has 41 heavy (non-hydrogen) atoms. The Hall–Kier alpha value is -4.77. The van der Waals surface area contributed by atoms with E-state index >= 15 is 0 Å². The van der Waals surface area contributed by atoms with Crippen molar-refractivity contribution in [1.82, 2.24) is 35.1 Å². The topological polar surface area (TPSA) is 87.0 Å². The standard InChI is InChI=1S/C30H23F3N8/c31-30(32,33)23-12-18(4-5-26(23)40-16-19-13-20(40)14-36-19)25-8-11-35-29-27(21-2-1-3-24-22(21)15-37-38-24)28(39-41(25)29)17-6-9-34-10-7-17/h1-12,15,19-20,36H,13-14,16H2,(H,37,38). The highest BCUT2D eigenvalue weighted by Gasteiger charge is 2.42. The number of pyridine rings is 1. The van der Waals surface area contributed by atoms with Crippen LogP contribution in [0, 0.1) is 0 Å². The quantitative estimate of drug-likeness (QED) is 0.297. The van der Waals surface area contributed by atoms with Crippen molar-refractivity contribution in [2.75, 3.05) is 18.0 Å². The van der Waals surface area contributed by atoms with Crippen LogP contribution in [0.4, 0.5) is 18.9 Å². The second-order valence-corrected chi connectivity index (χ2v) is 10.5. The lowest BCUT2D eigenvalue weighted by Crippen LogP contribution is -2.44. The number of nitrogens with one attached hydrogen (secondary N) is 2. The predicted molar refractivity (Wildman–Crippen MR) is 149 cm³/mol. The molecule has 8 rings (SSSR count). The zero-order chi connectivity index (χ0) is 27.7. The molecule has 0 saturated carbocycles. The fourth-order valence-electron chi connectivity index (χ4n) is 6.34. The molecule has 2 N–H and O–H groups in total. The zero-order valence-corrected chi connectivity index (χ0v) is 21.6. The van der Waals surface area contributed by atoms with Gasteiger partial charge in [-0.25, -0.2) is 9.50 Å². The van der Waals surface area contributed by atoms with Crippen LogP contribution in [0.1, 0.15) is 12.0 Å². The number of halogens is 3. The fourth-order valence-corrected chi connectivity index (χ4v) is 6.34. The van der Waals surface area contributed by atoms with E-state index in [0.29, 0.717) is 35.7 Å². The van der Waals surface area contributed by atoms with E-state index < -0.39 is 11.7 Å². The molecule has 0 aliphatic carbocycles. The number of rotatable bonds is 4.